The van der Waals surface area contributed by atoms with Crippen LogP contribution in [0.3, 0.4) is 0 Å². The van der Waals surface area contributed by atoms with Crippen molar-refractivity contribution in [3.63, 3.8) is 0 Å². The molecule has 1 saturated heterocycles. The number of hydrogen-bond acceptors (Lipinski definition) is 6. The highest BCUT2D eigenvalue weighted by atomic mass is 16.6. The lowest BCUT2D eigenvalue weighted by atomic mass is 9.91. The van der Waals surface area contributed by atoms with Gasteiger partial charge in [0.25, 0.3) is 11.6 Å². The zero-order valence-electron chi connectivity index (χ0n) is 13.6. The van der Waals surface area contributed by atoms with Crippen LogP contribution in [-0.4, -0.2) is 60.4 Å². The average molecular weight is 360 g/mol. The molecule has 1 aromatic heterocycles. The third-order valence-corrected chi connectivity index (χ3v) is 4.41. The fourth-order valence-electron chi connectivity index (χ4n) is 2.76. The SMILES string of the molecule is O=C(c1ccn(-c2ccc([N+](=O)[O-])cc2)n1)N1CCC(O)(C(=O)O)CC1. The van der Waals surface area contributed by atoms with Gasteiger partial charge in [0, 0.05) is 44.3 Å². The number of aliphatic hydroxyl groups is 1. The number of carbonyl (C=O) groups is 2. The standard InChI is InChI=1S/C16H16N4O6/c21-14(18-9-6-16(24,7-10-18)15(22)23)13-5-8-19(17-13)11-1-3-12(4-2-11)20(25)26/h1-5,8,24H,6-7,9-10H2,(H,22,23). The molecule has 2 heterocycles. The number of likely N-dealkylation sites (tertiary alicyclic amines) is 1. The Bertz CT molecular complexity index is 852. The van der Waals surface area contributed by atoms with Crippen molar-refractivity contribution < 1.29 is 24.7 Å². The highest BCUT2D eigenvalue weighted by Gasteiger charge is 2.40. The summed E-state index contributed by atoms with van der Waals surface area (Å²) < 4.78 is 1.43. The second kappa shape index (κ2) is 6.56. The van der Waals surface area contributed by atoms with Crippen molar-refractivity contribution >= 4 is 17.6 Å². The molecule has 26 heavy (non-hydrogen) atoms. The van der Waals surface area contributed by atoms with Crippen LogP contribution in [0.2, 0.25) is 0 Å². The average Bonchev–Trinajstić information content (AvgIpc) is 3.12. The van der Waals surface area contributed by atoms with E-state index in [-0.39, 0.29) is 43.2 Å². The maximum Gasteiger partial charge on any atom is 0.335 e. The number of carbonyl (C=O) groups excluding carboxylic acids is 1. The van der Waals surface area contributed by atoms with E-state index in [0.29, 0.717) is 5.69 Å². The lowest BCUT2D eigenvalue weighted by molar-refractivity contribution is -0.384. The van der Waals surface area contributed by atoms with Gasteiger partial charge in [-0.1, -0.05) is 0 Å². The number of non-ortho nitro benzene ring substituents is 1. The van der Waals surface area contributed by atoms with Gasteiger partial charge < -0.3 is 15.1 Å². The van der Waals surface area contributed by atoms with Crippen LogP contribution in [0.4, 0.5) is 5.69 Å². The Kier molecular flexibility index (Phi) is 4.43. The highest BCUT2D eigenvalue weighted by molar-refractivity contribution is 5.92. The molecule has 0 bridgehead atoms. The predicted molar refractivity (Wildman–Crippen MR) is 87.9 cm³/mol. The minimum atomic E-state index is -1.80. The molecule has 1 aliphatic heterocycles. The van der Waals surface area contributed by atoms with Gasteiger partial charge in [0.1, 0.15) is 0 Å². The van der Waals surface area contributed by atoms with E-state index in [9.17, 15) is 24.8 Å². The molecule has 1 amide bonds. The second-order valence-corrected chi connectivity index (χ2v) is 6.05. The summed E-state index contributed by atoms with van der Waals surface area (Å²) in [6.45, 7) is 0.234. The molecule has 0 spiro atoms. The molecule has 10 nitrogen and oxygen atoms in total. The van der Waals surface area contributed by atoms with Crippen LogP contribution >= 0.6 is 0 Å². The Morgan fingerprint density at radius 1 is 1.15 bits per heavy atom. The first-order valence-corrected chi connectivity index (χ1v) is 7.86. The maximum absolute atomic E-state index is 12.5. The van der Waals surface area contributed by atoms with Crippen LogP contribution in [0.25, 0.3) is 5.69 Å². The van der Waals surface area contributed by atoms with Crippen LogP contribution in [-0.2, 0) is 4.79 Å². The lowest BCUT2D eigenvalue weighted by Crippen LogP contribution is -2.50. The highest BCUT2D eigenvalue weighted by Crippen LogP contribution is 2.23. The number of piperidine rings is 1. The van der Waals surface area contributed by atoms with Crippen molar-refractivity contribution in [2.45, 2.75) is 18.4 Å². The van der Waals surface area contributed by atoms with Gasteiger partial charge in [-0.2, -0.15) is 5.10 Å². The number of rotatable bonds is 4. The van der Waals surface area contributed by atoms with Gasteiger partial charge in [0.05, 0.1) is 10.6 Å². The van der Waals surface area contributed by atoms with Gasteiger partial charge in [-0.05, 0) is 18.2 Å². The van der Waals surface area contributed by atoms with Crippen molar-refractivity contribution in [3.8, 4) is 5.69 Å². The number of amides is 1. The van der Waals surface area contributed by atoms with Crippen LogP contribution < -0.4 is 0 Å². The van der Waals surface area contributed by atoms with E-state index >= 15 is 0 Å². The molecule has 2 N–H and O–H groups in total. The summed E-state index contributed by atoms with van der Waals surface area (Å²) in [5.41, 5.74) is -1.11. The van der Waals surface area contributed by atoms with E-state index in [2.05, 4.69) is 5.10 Å². The molecule has 1 fully saturated rings. The molecule has 0 saturated carbocycles. The number of nitro benzene ring substituents is 1. The van der Waals surface area contributed by atoms with E-state index in [4.69, 9.17) is 5.11 Å². The van der Waals surface area contributed by atoms with Crippen LogP contribution in [0.1, 0.15) is 23.3 Å². The Morgan fingerprint density at radius 2 is 1.77 bits per heavy atom. The molecule has 1 aromatic carbocycles. The van der Waals surface area contributed by atoms with E-state index < -0.39 is 16.5 Å². The number of hydrogen-bond donors (Lipinski definition) is 2. The molecule has 136 valence electrons. The molecule has 2 aromatic rings. The molecule has 3 rings (SSSR count). The Balaban J connectivity index is 1.71. The predicted octanol–water partition coefficient (Wildman–Crippen LogP) is 0.832. The summed E-state index contributed by atoms with van der Waals surface area (Å²) in [4.78, 5) is 35.2. The summed E-state index contributed by atoms with van der Waals surface area (Å²) in [5, 5.41) is 33.8. The Morgan fingerprint density at radius 3 is 2.31 bits per heavy atom. The Hall–Kier alpha value is -3.27. The number of carboxylic acid groups (broad SMARTS) is 1. The first kappa shape index (κ1) is 17.5. The summed E-state index contributed by atoms with van der Waals surface area (Å²) in [7, 11) is 0. The second-order valence-electron chi connectivity index (χ2n) is 6.05. The van der Waals surface area contributed by atoms with Crippen LogP contribution in [0.5, 0.6) is 0 Å². The third-order valence-electron chi connectivity index (χ3n) is 4.41. The molecule has 1 aliphatic rings. The molecule has 0 aliphatic carbocycles. The van der Waals surface area contributed by atoms with E-state index in [1.165, 1.54) is 39.9 Å². The number of benzene rings is 1. The number of carboxylic acids is 1. The number of aliphatic carboxylic acids is 1. The van der Waals surface area contributed by atoms with Crippen LogP contribution in [0, 0.1) is 10.1 Å². The summed E-state index contributed by atoms with van der Waals surface area (Å²) in [6.07, 6.45) is 1.47. The fraction of sp³-hybridized carbons (Fsp3) is 0.312. The van der Waals surface area contributed by atoms with Crippen molar-refractivity contribution in [1.29, 1.82) is 0 Å². The van der Waals surface area contributed by atoms with Crippen molar-refractivity contribution in [1.82, 2.24) is 14.7 Å². The largest absolute Gasteiger partial charge is 0.479 e. The first-order valence-electron chi connectivity index (χ1n) is 7.86. The van der Waals surface area contributed by atoms with E-state index in [1.807, 2.05) is 0 Å². The zero-order chi connectivity index (χ0) is 18.9. The van der Waals surface area contributed by atoms with E-state index in [1.54, 1.807) is 6.20 Å². The number of aromatic nitrogens is 2. The number of nitrogens with zero attached hydrogens (tertiary/aromatic N) is 4. The van der Waals surface area contributed by atoms with Crippen molar-refractivity contribution in [2.75, 3.05) is 13.1 Å². The van der Waals surface area contributed by atoms with Gasteiger partial charge in [-0.15, -0.1) is 0 Å². The van der Waals surface area contributed by atoms with Crippen molar-refractivity contribution in [2.24, 2.45) is 0 Å². The quantitative estimate of drug-likeness (QED) is 0.608. The van der Waals surface area contributed by atoms with Crippen LogP contribution in [0.15, 0.2) is 36.5 Å². The van der Waals surface area contributed by atoms with Gasteiger partial charge in [-0.25, -0.2) is 9.48 Å². The fourth-order valence-corrected chi connectivity index (χ4v) is 2.76. The van der Waals surface area contributed by atoms with E-state index in [0.717, 1.165) is 0 Å². The third kappa shape index (κ3) is 3.26. The molecular weight excluding hydrogens is 344 g/mol. The minimum Gasteiger partial charge on any atom is -0.479 e. The van der Waals surface area contributed by atoms with Gasteiger partial charge in [-0.3, -0.25) is 14.9 Å². The van der Waals surface area contributed by atoms with Gasteiger partial charge in [0.2, 0.25) is 0 Å². The zero-order valence-corrected chi connectivity index (χ0v) is 13.6. The molecular formula is C16H16N4O6. The van der Waals surface area contributed by atoms with Gasteiger partial charge in [0.15, 0.2) is 11.3 Å². The molecule has 0 unspecified atom stereocenters. The monoisotopic (exact) mass is 360 g/mol. The van der Waals surface area contributed by atoms with Crippen molar-refractivity contribution in [3.05, 3.63) is 52.3 Å². The minimum absolute atomic E-state index is 0.0445. The number of nitro groups is 1. The smallest absolute Gasteiger partial charge is 0.335 e. The molecule has 0 radical (unpaired) electrons. The Labute approximate surface area is 147 Å². The summed E-state index contributed by atoms with van der Waals surface area (Å²) in [5.74, 6) is -1.65. The summed E-state index contributed by atoms with van der Waals surface area (Å²) in [6, 6.07) is 7.24. The first-order chi connectivity index (χ1) is 12.3. The molecule has 0 atom stereocenters. The lowest BCUT2D eigenvalue weighted by Gasteiger charge is -2.34. The van der Waals surface area contributed by atoms with Gasteiger partial charge >= 0.3 is 5.97 Å². The summed E-state index contributed by atoms with van der Waals surface area (Å²) >= 11 is 0. The normalized spacial score (nSPS) is 16.3. The maximum atomic E-state index is 12.5. The topological polar surface area (TPSA) is 139 Å². The molecule has 10 heteroatoms.